The van der Waals surface area contributed by atoms with E-state index >= 15 is 0 Å². The number of carbonyl (C=O) groups excluding carboxylic acids is 1. The molecule has 0 heterocycles. The molecule has 0 atom stereocenters. The third kappa shape index (κ3) is 4.82. The average molecular weight is 277 g/mol. The Kier molecular flexibility index (Phi) is 4.30. The molecule has 6 nitrogen and oxygen atoms in total. The molecule has 1 aromatic rings. The molecular weight excluding hydrogens is 267 g/mol. The number of benzene rings is 1. The zero-order valence-corrected chi connectivity index (χ0v) is 9.75. The van der Waals surface area contributed by atoms with Crippen LogP contribution in [0.25, 0.3) is 0 Å². The number of rotatable bonds is 3. The van der Waals surface area contributed by atoms with E-state index in [2.05, 4.69) is 5.32 Å². The molecule has 0 saturated heterocycles. The van der Waals surface area contributed by atoms with E-state index in [1.807, 2.05) is 0 Å². The number of alkyl halides is 3. The number of aryl methyl sites for hydroxylation is 1. The molecule has 0 radical (unpaired) electrons. The van der Waals surface area contributed by atoms with E-state index in [9.17, 15) is 28.1 Å². The van der Waals surface area contributed by atoms with Gasteiger partial charge in [-0.25, -0.2) is 4.79 Å². The molecule has 19 heavy (non-hydrogen) atoms. The van der Waals surface area contributed by atoms with Crippen molar-refractivity contribution in [1.29, 1.82) is 0 Å². The Morgan fingerprint density at radius 1 is 1.42 bits per heavy atom. The highest BCUT2D eigenvalue weighted by molar-refractivity contribution is 5.89. The molecule has 0 saturated carbocycles. The lowest BCUT2D eigenvalue weighted by atomic mass is 10.2. The number of nitrogens with zero attached hydrogens (tertiary/aromatic N) is 1. The monoisotopic (exact) mass is 277 g/mol. The van der Waals surface area contributed by atoms with Crippen molar-refractivity contribution in [3.63, 3.8) is 0 Å². The maximum atomic E-state index is 11.8. The number of urea groups is 1. The van der Waals surface area contributed by atoms with E-state index in [1.54, 1.807) is 5.32 Å². The summed E-state index contributed by atoms with van der Waals surface area (Å²) in [5.74, 6) is 0. The fourth-order valence-corrected chi connectivity index (χ4v) is 1.24. The standard InChI is InChI=1S/C10H10F3N3O3/c1-6-2-3-7(4-8(6)16(18)19)15-9(17)14-5-10(11,12)13/h2-4H,5H2,1H3,(H2,14,15,17). The van der Waals surface area contributed by atoms with Crippen molar-refractivity contribution in [1.82, 2.24) is 5.32 Å². The van der Waals surface area contributed by atoms with Gasteiger partial charge in [0.15, 0.2) is 0 Å². The van der Waals surface area contributed by atoms with Crippen LogP contribution in [-0.2, 0) is 0 Å². The summed E-state index contributed by atoms with van der Waals surface area (Å²) >= 11 is 0. The summed E-state index contributed by atoms with van der Waals surface area (Å²) in [6.07, 6.45) is -4.52. The van der Waals surface area contributed by atoms with Gasteiger partial charge in [0, 0.05) is 17.3 Å². The smallest absolute Gasteiger partial charge is 0.329 e. The van der Waals surface area contributed by atoms with Crippen LogP contribution in [0.2, 0.25) is 0 Å². The number of hydrogen-bond donors (Lipinski definition) is 2. The summed E-state index contributed by atoms with van der Waals surface area (Å²) in [6, 6.07) is 2.73. The van der Waals surface area contributed by atoms with Crippen LogP contribution in [0.15, 0.2) is 18.2 Å². The molecule has 0 aliphatic carbocycles. The Labute approximate surface area is 105 Å². The fraction of sp³-hybridized carbons (Fsp3) is 0.300. The second kappa shape index (κ2) is 5.55. The van der Waals surface area contributed by atoms with Gasteiger partial charge in [-0.05, 0) is 13.0 Å². The van der Waals surface area contributed by atoms with Gasteiger partial charge in [-0.3, -0.25) is 10.1 Å². The Bertz CT molecular complexity index is 503. The normalized spacial score (nSPS) is 10.9. The van der Waals surface area contributed by atoms with Crippen LogP contribution in [0.5, 0.6) is 0 Å². The largest absolute Gasteiger partial charge is 0.405 e. The Balaban J connectivity index is 2.70. The van der Waals surface area contributed by atoms with Crippen LogP contribution < -0.4 is 10.6 Å². The summed E-state index contributed by atoms with van der Waals surface area (Å²) in [6.45, 7) is 0.0262. The molecule has 1 rings (SSSR count). The minimum atomic E-state index is -4.52. The van der Waals surface area contributed by atoms with E-state index in [1.165, 1.54) is 19.1 Å². The van der Waals surface area contributed by atoms with Crippen molar-refractivity contribution in [2.75, 3.05) is 11.9 Å². The molecular formula is C10H10F3N3O3. The molecule has 0 bridgehead atoms. The van der Waals surface area contributed by atoms with Gasteiger partial charge >= 0.3 is 12.2 Å². The lowest BCUT2D eigenvalue weighted by molar-refractivity contribution is -0.385. The van der Waals surface area contributed by atoms with Crippen molar-refractivity contribution in [2.45, 2.75) is 13.1 Å². The van der Waals surface area contributed by atoms with Crippen molar-refractivity contribution < 1.29 is 22.9 Å². The number of amides is 2. The second-order valence-corrected chi connectivity index (χ2v) is 3.68. The number of nitrogens with one attached hydrogen (secondary N) is 2. The van der Waals surface area contributed by atoms with E-state index < -0.39 is 23.7 Å². The first kappa shape index (κ1) is 14.7. The number of anilines is 1. The third-order valence-electron chi connectivity index (χ3n) is 2.11. The fourth-order valence-electron chi connectivity index (χ4n) is 1.24. The molecule has 0 unspecified atom stereocenters. The van der Waals surface area contributed by atoms with Crippen molar-refractivity contribution in [3.05, 3.63) is 33.9 Å². The van der Waals surface area contributed by atoms with E-state index in [-0.39, 0.29) is 11.4 Å². The van der Waals surface area contributed by atoms with Gasteiger partial charge in [-0.1, -0.05) is 6.07 Å². The van der Waals surface area contributed by atoms with Gasteiger partial charge in [0.05, 0.1) is 4.92 Å². The minimum Gasteiger partial charge on any atom is -0.329 e. The van der Waals surface area contributed by atoms with Crippen LogP contribution in [0.4, 0.5) is 29.3 Å². The molecule has 1 aromatic carbocycles. The average Bonchev–Trinajstić information content (AvgIpc) is 2.28. The number of nitro groups is 1. The zero-order chi connectivity index (χ0) is 14.6. The first-order chi connectivity index (χ1) is 8.69. The predicted octanol–water partition coefficient (Wildman–Crippen LogP) is 2.59. The molecule has 0 aliphatic heterocycles. The summed E-state index contributed by atoms with van der Waals surface area (Å²) in [5.41, 5.74) is 0.192. The topological polar surface area (TPSA) is 84.3 Å². The van der Waals surface area contributed by atoms with Crippen molar-refractivity contribution >= 4 is 17.4 Å². The highest BCUT2D eigenvalue weighted by atomic mass is 19.4. The molecule has 2 amide bonds. The van der Waals surface area contributed by atoms with Gasteiger partial charge in [0.2, 0.25) is 0 Å². The number of carbonyl (C=O) groups is 1. The molecule has 0 fully saturated rings. The van der Waals surface area contributed by atoms with Crippen LogP contribution in [0, 0.1) is 17.0 Å². The molecule has 9 heteroatoms. The minimum absolute atomic E-state index is 0.0389. The summed E-state index contributed by atoms with van der Waals surface area (Å²) in [4.78, 5) is 21.1. The van der Waals surface area contributed by atoms with E-state index in [0.29, 0.717) is 5.56 Å². The highest BCUT2D eigenvalue weighted by Crippen LogP contribution is 2.22. The summed E-state index contributed by atoms with van der Waals surface area (Å²) in [5, 5.41) is 14.3. The van der Waals surface area contributed by atoms with Crippen LogP contribution in [0.1, 0.15) is 5.56 Å². The van der Waals surface area contributed by atoms with E-state index in [0.717, 1.165) is 6.07 Å². The number of nitro benzene ring substituents is 1. The SMILES string of the molecule is Cc1ccc(NC(=O)NCC(F)(F)F)cc1[N+](=O)[O-]. The Morgan fingerprint density at radius 3 is 2.58 bits per heavy atom. The maximum Gasteiger partial charge on any atom is 0.405 e. The zero-order valence-electron chi connectivity index (χ0n) is 9.75. The first-order valence-corrected chi connectivity index (χ1v) is 5.05. The summed E-state index contributed by atoms with van der Waals surface area (Å²) < 4.78 is 35.5. The Hall–Kier alpha value is -2.32. The molecule has 104 valence electrons. The van der Waals surface area contributed by atoms with Crippen LogP contribution in [-0.4, -0.2) is 23.7 Å². The van der Waals surface area contributed by atoms with Gasteiger partial charge < -0.3 is 10.6 Å². The lowest BCUT2D eigenvalue weighted by Gasteiger charge is -2.10. The second-order valence-electron chi connectivity index (χ2n) is 3.68. The van der Waals surface area contributed by atoms with Gasteiger partial charge in [-0.2, -0.15) is 13.2 Å². The van der Waals surface area contributed by atoms with E-state index in [4.69, 9.17) is 0 Å². The van der Waals surface area contributed by atoms with Crippen LogP contribution >= 0.6 is 0 Å². The van der Waals surface area contributed by atoms with Gasteiger partial charge in [0.1, 0.15) is 6.54 Å². The quantitative estimate of drug-likeness (QED) is 0.657. The van der Waals surface area contributed by atoms with Gasteiger partial charge in [0.25, 0.3) is 5.69 Å². The maximum absolute atomic E-state index is 11.8. The number of halogens is 3. The molecule has 0 aromatic heterocycles. The predicted molar refractivity (Wildman–Crippen MR) is 60.9 cm³/mol. The first-order valence-electron chi connectivity index (χ1n) is 5.05. The molecule has 0 aliphatic rings. The van der Waals surface area contributed by atoms with Crippen LogP contribution in [0.3, 0.4) is 0 Å². The van der Waals surface area contributed by atoms with Crippen molar-refractivity contribution in [3.8, 4) is 0 Å². The van der Waals surface area contributed by atoms with Gasteiger partial charge in [-0.15, -0.1) is 0 Å². The number of hydrogen-bond acceptors (Lipinski definition) is 3. The Morgan fingerprint density at radius 2 is 2.05 bits per heavy atom. The highest BCUT2D eigenvalue weighted by Gasteiger charge is 2.27. The molecule has 0 spiro atoms. The third-order valence-corrected chi connectivity index (χ3v) is 2.11. The van der Waals surface area contributed by atoms with Crippen molar-refractivity contribution in [2.24, 2.45) is 0 Å². The summed E-state index contributed by atoms with van der Waals surface area (Å²) in [7, 11) is 0. The lowest BCUT2D eigenvalue weighted by Crippen LogP contribution is -2.36. The molecule has 2 N–H and O–H groups in total.